The lowest BCUT2D eigenvalue weighted by Crippen LogP contribution is -2.31. The molecule has 3 aliphatic heterocycles. The molecule has 0 aromatic rings. The molecule has 12 heavy (non-hydrogen) atoms. The highest BCUT2D eigenvalue weighted by molar-refractivity contribution is 5.74. The third kappa shape index (κ3) is 0.671. The lowest BCUT2D eigenvalue weighted by molar-refractivity contribution is -0.147. The topological polar surface area (TPSA) is 48.1 Å². The van der Waals surface area contributed by atoms with E-state index in [0.29, 0.717) is 0 Å². The van der Waals surface area contributed by atoms with Crippen LogP contribution in [0.4, 0.5) is 0 Å². The second-order valence-corrected chi connectivity index (χ2v) is 3.57. The first-order valence-electron chi connectivity index (χ1n) is 4.20. The quantitative estimate of drug-likeness (QED) is 0.401. The van der Waals surface area contributed by atoms with Gasteiger partial charge >= 0.3 is 5.97 Å². The minimum atomic E-state index is -0.156. The summed E-state index contributed by atoms with van der Waals surface area (Å²) >= 11 is 0. The Morgan fingerprint density at radius 1 is 1.33 bits per heavy atom. The van der Waals surface area contributed by atoms with Gasteiger partial charge in [-0.05, 0) is 6.42 Å². The number of epoxide rings is 1. The Morgan fingerprint density at radius 3 is 2.75 bits per heavy atom. The van der Waals surface area contributed by atoms with Crippen LogP contribution in [0.2, 0.25) is 0 Å². The van der Waals surface area contributed by atoms with Crippen LogP contribution in [0.3, 0.4) is 0 Å². The maximum atomic E-state index is 11.2. The summed E-state index contributed by atoms with van der Waals surface area (Å²) in [6.45, 7) is 0. The van der Waals surface area contributed by atoms with Crippen molar-refractivity contribution in [2.75, 3.05) is 7.11 Å². The molecule has 2 bridgehead atoms. The molecule has 4 nitrogen and oxygen atoms in total. The van der Waals surface area contributed by atoms with E-state index < -0.39 is 0 Å². The van der Waals surface area contributed by atoms with E-state index in [0.717, 1.165) is 6.42 Å². The van der Waals surface area contributed by atoms with Crippen molar-refractivity contribution >= 4 is 5.97 Å². The van der Waals surface area contributed by atoms with Crippen molar-refractivity contribution in [1.29, 1.82) is 0 Å². The first kappa shape index (κ1) is 6.86. The van der Waals surface area contributed by atoms with Gasteiger partial charge in [-0.3, -0.25) is 4.79 Å². The fourth-order valence-electron chi connectivity index (χ4n) is 2.34. The summed E-state index contributed by atoms with van der Waals surface area (Å²) in [4.78, 5) is 11.2. The second-order valence-electron chi connectivity index (χ2n) is 3.57. The molecule has 0 unspecified atom stereocenters. The van der Waals surface area contributed by atoms with Crippen molar-refractivity contribution in [3.8, 4) is 0 Å². The average molecular weight is 170 g/mol. The van der Waals surface area contributed by atoms with Gasteiger partial charge in [0.2, 0.25) is 0 Å². The first-order chi connectivity index (χ1) is 5.81. The van der Waals surface area contributed by atoms with Gasteiger partial charge < -0.3 is 14.2 Å². The molecule has 66 valence electrons. The van der Waals surface area contributed by atoms with Crippen LogP contribution in [-0.2, 0) is 19.0 Å². The van der Waals surface area contributed by atoms with Crippen LogP contribution in [0.25, 0.3) is 0 Å². The zero-order valence-electron chi connectivity index (χ0n) is 6.73. The summed E-state index contributed by atoms with van der Waals surface area (Å²) in [6.07, 6.45) is 1.39. The molecule has 0 amide bonds. The Labute approximate surface area is 69.8 Å². The molecule has 0 aromatic heterocycles. The highest BCUT2D eigenvalue weighted by atomic mass is 16.7. The Morgan fingerprint density at radius 2 is 2.17 bits per heavy atom. The zero-order chi connectivity index (χ0) is 8.29. The number of hydrogen-bond acceptors (Lipinski definition) is 4. The van der Waals surface area contributed by atoms with E-state index in [1.54, 1.807) is 0 Å². The number of esters is 1. The van der Waals surface area contributed by atoms with E-state index in [-0.39, 0.29) is 36.3 Å². The van der Waals surface area contributed by atoms with E-state index in [1.807, 2.05) is 0 Å². The Hall–Kier alpha value is -0.610. The summed E-state index contributed by atoms with van der Waals surface area (Å²) in [5.41, 5.74) is 0. The molecule has 0 aromatic carbocycles. The fourth-order valence-corrected chi connectivity index (χ4v) is 2.34. The molecule has 0 radical (unpaired) electrons. The molecule has 4 heteroatoms. The lowest BCUT2D eigenvalue weighted by atomic mass is 9.89. The van der Waals surface area contributed by atoms with Crippen LogP contribution >= 0.6 is 0 Å². The smallest absolute Gasteiger partial charge is 0.311 e. The average Bonchev–Trinajstić information content (AvgIpc) is 2.71. The van der Waals surface area contributed by atoms with Gasteiger partial charge in [0.15, 0.2) is 0 Å². The SMILES string of the molecule is COC(=O)[C@@H]1C[C@H]2O[C@@H]1[C@@H]1O[C@@H]12. The van der Waals surface area contributed by atoms with E-state index in [4.69, 9.17) is 9.47 Å². The molecule has 3 heterocycles. The van der Waals surface area contributed by atoms with Crippen molar-refractivity contribution in [3.63, 3.8) is 0 Å². The van der Waals surface area contributed by atoms with Crippen LogP contribution in [0.5, 0.6) is 0 Å². The fraction of sp³-hybridized carbons (Fsp3) is 0.875. The van der Waals surface area contributed by atoms with Crippen LogP contribution in [-0.4, -0.2) is 37.5 Å². The number of methoxy groups -OCH3 is 1. The molecule has 3 fully saturated rings. The zero-order valence-corrected chi connectivity index (χ0v) is 6.73. The van der Waals surface area contributed by atoms with E-state index in [2.05, 4.69) is 4.74 Å². The molecule has 0 spiro atoms. The number of hydrogen-bond donors (Lipinski definition) is 0. The van der Waals surface area contributed by atoms with Gasteiger partial charge in [0.25, 0.3) is 0 Å². The van der Waals surface area contributed by atoms with Gasteiger partial charge in [0.05, 0.1) is 19.1 Å². The Kier molecular flexibility index (Phi) is 1.14. The summed E-state index contributed by atoms with van der Waals surface area (Å²) in [7, 11) is 1.42. The predicted octanol–water partition coefficient (Wildman–Crippen LogP) is -0.286. The van der Waals surface area contributed by atoms with Gasteiger partial charge in [-0.2, -0.15) is 0 Å². The van der Waals surface area contributed by atoms with Crippen molar-refractivity contribution in [3.05, 3.63) is 0 Å². The van der Waals surface area contributed by atoms with Crippen LogP contribution in [0.1, 0.15) is 6.42 Å². The standard InChI is InChI=1S/C8H10O4/c1-10-8(9)3-2-4-6-7(12-6)5(3)11-4/h3-7H,2H2,1H3/t3-,4-,5+,6-,7+/m1/s1. The molecule has 0 saturated carbocycles. The molecular formula is C8H10O4. The number of rotatable bonds is 1. The first-order valence-corrected chi connectivity index (χ1v) is 4.20. The molecule has 3 rings (SSSR count). The van der Waals surface area contributed by atoms with Crippen LogP contribution in [0.15, 0.2) is 0 Å². The Balaban J connectivity index is 1.80. The van der Waals surface area contributed by atoms with Crippen molar-refractivity contribution in [2.45, 2.75) is 30.8 Å². The van der Waals surface area contributed by atoms with Crippen LogP contribution < -0.4 is 0 Å². The summed E-state index contributed by atoms with van der Waals surface area (Å²) in [5.74, 6) is -0.236. The third-order valence-electron chi connectivity index (χ3n) is 2.97. The van der Waals surface area contributed by atoms with Gasteiger partial charge in [0, 0.05) is 0 Å². The predicted molar refractivity (Wildman–Crippen MR) is 37.4 cm³/mol. The number of ether oxygens (including phenoxy) is 3. The van der Waals surface area contributed by atoms with Crippen molar-refractivity contribution in [2.24, 2.45) is 5.92 Å². The van der Waals surface area contributed by atoms with Crippen molar-refractivity contribution < 1.29 is 19.0 Å². The molecule has 3 saturated heterocycles. The lowest BCUT2D eigenvalue weighted by Gasteiger charge is -2.13. The molecule has 0 aliphatic carbocycles. The number of carbonyl (C=O) groups is 1. The monoisotopic (exact) mass is 170 g/mol. The normalized spacial score (nSPS) is 53.6. The van der Waals surface area contributed by atoms with Crippen LogP contribution in [0, 0.1) is 5.92 Å². The van der Waals surface area contributed by atoms with Gasteiger partial charge in [-0.15, -0.1) is 0 Å². The Bertz CT molecular complexity index is 239. The van der Waals surface area contributed by atoms with Crippen molar-refractivity contribution in [1.82, 2.24) is 0 Å². The maximum Gasteiger partial charge on any atom is 0.311 e. The molecule has 3 aliphatic rings. The van der Waals surface area contributed by atoms with Gasteiger partial charge in [-0.1, -0.05) is 0 Å². The van der Waals surface area contributed by atoms with Gasteiger partial charge in [0.1, 0.15) is 18.3 Å². The van der Waals surface area contributed by atoms with E-state index in [9.17, 15) is 4.79 Å². The largest absolute Gasteiger partial charge is 0.469 e. The maximum absolute atomic E-state index is 11.2. The minimum Gasteiger partial charge on any atom is -0.469 e. The highest BCUT2D eigenvalue weighted by Gasteiger charge is 2.66. The van der Waals surface area contributed by atoms with E-state index >= 15 is 0 Å². The summed E-state index contributed by atoms with van der Waals surface area (Å²) in [6, 6.07) is 0. The highest BCUT2D eigenvalue weighted by Crippen LogP contribution is 2.51. The van der Waals surface area contributed by atoms with E-state index in [1.165, 1.54) is 7.11 Å². The minimum absolute atomic E-state index is 0.0209. The third-order valence-corrected chi connectivity index (χ3v) is 2.97. The molecule has 0 N–H and O–H groups in total. The molecular weight excluding hydrogens is 160 g/mol. The van der Waals surface area contributed by atoms with Gasteiger partial charge in [-0.25, -0.2) is 0 Å². The second kappa shape index (κ2) is 2.00. The molecule has 5 atom stereocenters. The summed E-state index contributed by atoms with van der Waals surface area (Å²) < 4.78 is 15.6. The number of carbonyl (C=O) groups excluding carboxylic acids is 1. The number of fused-ring (bicyclic) bond motifs is 5. The summed E-state index contributed by atoms with van der Waals surface area (Å²) in [5, 5.41) is 0.